The number of aromatic nitrogens is 1. The van der Waals surface area contributed by atoms with Crippen molar-refractivity contribution in [2.24, 2.45) is 5.73 Å². The SMILES string of the molecule is CSc1ccc(CNC(=O)c2csc(CCN)n2)cc1. The van der Waals surface area contributed by atoms with Crippen LogP contribution in [0.25, 0.3) is 0 Å². The first-order chi connectivity index (χ1) is 9.72. The predicted molar refractivity (Wildman–Crippen MR) is 84.3 cm³/mol. The Morgan fingerprint density at radius 2 is 2.15 bits per heavy atom. The number of thioether (sulfide) groups is 1. The summed E-state index contributed by atoms with van der Waals surface area (Å²) in [5.41, 5.74) is 7.02. The van der Waals surface area contributed by atoms with Crippen LogP contribution in [0, 0.1) is 0 Å². The number of carbonyl (C=O) groups excluding carboxylic acids is 1. The number of nitrogens with two attached hydrogens (primary N) is 1. The van der Waals surface area contributed by atoms with Crippen LogP contribution in [0.3, 0.4) is 0 Å². The normalized spacial score (nSPS) is 10.5. The number of nitrogens with zero attached hydrogens (tertiary/aromatic N) is 1. The third-order valence-corrected chi connectivity index (χ3v) is 4.41. The second kappa shape index (κ2) is 7.42. The zero-order chi connectivity index (χ0) is 14.4. The Balaban J connectivity index is 1.90. The molecule has 0 radical (unpaired) electrons. The van der Waals surface area contributed by atoms with Gasteiger partial charge in [0.1, 0.15) is 5.69 Å². The standard InChI is InChI=1S/C14H17N3OS2/c1-19-11-4-2-10(3-5-11)8-16-14(18)12-9-20-13(17-12)6-7-15/h2-5,9H,6-8,15H2,1H3,(H,16,18). The Labute approximate surface area is 126 Å². The molecule has 0 atom stereocenters. The minimum atomic E-state index is -0.140. The molecule has 0 aliphatic rings. The molecule has 1 amide bonds. The average Bonchev–Trinajstić information content (AvgIpc) is 2.94. The fourth-order valence-electron chi connectivity index (χ4n) is 1.67. The highest BCUT2D eigenvalue weighted by Crippen LogP contribution is 2.15. The first kappa shape index (κ1) is 15.0. The van der Waals surface area contributed by atoms with Crippen LogP contribution in [0.5, 0.6) is 0 Å². The number of hydrogen-bond donors (Lipinski definition) is 2. The van der Waals surface area contributed by atoms with Gasteiger partial charge in [0, 0.05) is 23.2 Å². The minimum absolute atomic E-state index is 0.140. The molecule has 1 heterocycles. The van der Waals surface area contributed by atoms with Crippen LogP contribution in [0.2, 0.25) is 0 Å². The van der Waals surface area contributed by atoms with Gasteiger partial charge in [-0.15, -0.1) is 23.1 Å². The lowest BCUT2D eigenvalue weighted by atomic mass is 10.2. The molecule has 20 heavy (non-hydrogen) atoms. The molecule has 2 aromatic rings. The molecule has 3 N–H and O–H groups in total. The van der Waals surface area contributed by atoms with Gasteiger partial charge in [-0.2, -0.15) is 0 Å². The van der Waals surface area contributed by atoms with E-state index in [4.69, 9.17) is 5.73 Å². The lowest BCUT2D eigenvalue weighted by Gasteiger charge is -2.04. The highest BCUT2D eigenvalue weighted by molar-refractivity contribution is 7.98. The molecule has 0 bridgehead atoms. The summed E-state index contributed by atoms with van der Waals surface area (Å²) in [7, 11) is 0. The van der Waals surface area contributed by atoms with E-state index in [0.717, 1.165) is 10.6 Å². The molecule has 4 nitrogen and oxygen atoms in total. The molecule has 6 heteroatoms. The van der Waals surface area contributed by atoms with Gasteiger partial charge in [0.05, 0.1) is 5.01 Å². The predicted octanol–water partition coefficient (Wildman–Crippen LogP) is 2.30. The van der Waals surface area contributed by atoms with Crippen molar-refractivity contribution in [2.45, 2.75) is 17.9 Å². The highest BCUT2D eigenvalue weighted by atomic mass is 32.2. The van der Waals surface area contributed by atoms with Crippen molar-refractivity contribution >= 4 is 29.0 Å². The zero-order valence-corrected chi connectivity index (χ0v) is 12.9. The maximum Gasteiger partial charge on any atom is 0.271 e. The molecule has 2 rings (SSSR count). The van der Waals surface area contributed by atoms with Gasteiger partial charge in [-0.25, -0.2) is 4.98 Å². The van der Waals surface area contributed by atoms with Crippen molar-refractivity contribution in [1.29, 1.82) is 0 Å². The summed E-state index contributed by atoms with van der Waals surface area (Å²) in [5.74, 6) is -0.140. The summed E-state index contributed by atoms with van der Waals surface area (Å²) < 4.78 is 0. The topological polar surface area (TPSA) is 68.0 Å². The average molecular weight is 307 g/mol. The second-order valence-electron chi connectivity index (χ2n) is 4.20. The molecule has 106 valence electrons. The van der Waals surface area contributed by atoms with Gasteiger partial charge in [-0.1, -0.05) is 12.1 Å². The molecule has 0 saturated carbocycles. The lowest BCUT2D eigenvalue weighted by Crippen LogP contribution is -2.23. The van der Waals surface area contributed by atoms with Crippen molar-refractivity contribution in [3.8, 4) is 0 Å². The number of amides is 1. The molecule has 0 fully saturated rings. The first-order valence-corrected chi connectivity index (χ1v) is 8.39. The molecule has 0 unspecified atom stereocenters. The van der Waals surface area contributed by atoms with Gasteiger partial charge in [0.25, 0.3) is 5.91 Å². The highest BCUT2D eigenvalue weighted by Gasteiger charge is 2.09. The van der Waals surface area contributed by atoms with Crippen molar-refractivity contribution in [3.05, 3.63) is 45.9 Å². The van der Waals surface area contributed by atoms with E-state index in [-0.39, 0.29) is 5.91 Å². The van der Waals surface area contributed by atoms with Gasteiger partial charge >= 0.3 is 0 Å². The van der Waals surface area contributed by atoms with Crippen LogP contribution in [-0.4, -0.2) is 23.7 Å². The number of thiazole rings is 1. The third-order valence-electron chi connectivity index (χ3n) is 2.75. The fraction of sp³-hybridized carbons (Fsp3) is 0.286. The monoisotopic (exact) mass is 307 g/mol. The van der Waals surface area contributed by atoms with Crippen LogP contribution < -0.4 is 11.1 Å². The van der Waals surface area contributed by atoms with E-state index in [0.29, 0.717) is 25.2 Å². The number of rotatable bonds is 6. The van der Waals surface area contributed by atoms with Crippen LogP contribution in [0.15, 0.2) is 34.5 Å². The summed E-state index contributed by atoms with van der Waals surface area (Å²) in [6.07, 6.45) is 2.76. The van der Waals surface area contributed by atoms with Crippen molar-refractivity contribution in [2.75, 3.05) is 12.8 Å². The van der Waals surface area contributed by atoms with E-state index in [2.05, 4.69) is 10.3 Å². The lowest BCUT2D eigenvalue weighted by molar-refractivity contribution is 0.0946. The van der Waals surface area contributed by atoms with Gasteiger partial charge in [0.15, 0.2) is 0 Å². The van der Waals surface area contributed by atoms with Gasteiger partial charge < -0.3 is 11.1 Å². The Kier molecular flexibility index (Phi) is 5.58. The molecular formula is C14H17N3OS2. The Morgan fingerprint density at radius 3 is 2.80 bits per heavy atom. The van der Waals surface area contributed by atoms with E-state index < -0.39 is 0 Å². The number of hydrogen-bond acceptors (Lipinski definition) is 5. The Bertz CT molecular complexity index is 566. The largest absolute Gasteiger partial charge is 0.347 e. The van der Waals surface area contributed by atoms with Crippen LogP contribution in [0.1, 0.15) is 21.1 Å². The Morgan fingerprint density at radius 1 is 1.40 bits per heavy atom. The van der Waals surface area contributed by atoms with Crippen molar-refractivity contribution in [1.82, 2.24) is 10.3 Å². The fourth-order valence-corrected chi connectivity index (χ4v) is 2.87. The van der Waals surface area contributed by atoms with E-state index in [1.54, 1.807) is 17.1 Å². The molecule has 0 saturated heterocycles. The third kappa shape index (κ3) is 4.06. The Hall–Kier alpha value is -1.37. The van der Waals surface area contributed by atoms with Gasteiger partial charge in [0.2, 0.25) is 0 Å². The summed E-state index contributed by atoms with van der Waals surface area (Å²) in [5, 5.41) is 5.55. The molecule has 1 aromatic carbocycles. The summed E-state index contributed by atoms with van der Waals surface area (Å²) >= 11 is 3.17. The van der Waals surface area contributed by atoms with Crippen LogP contribution in [0.4, 0.5) is 0 Å². The van der Waals surface area contributed by atoms with Gasteiger partial charge in [-0.3, -0.25) is 4.79 Å². The van der Waals surface area contributed by atoms with Crippen molar-refractivity contribution < 1.29 is 4.79 Å². The molecular weight excluding hydrogens is 290 g/mol. The summed E-state index contributed by atoms with van der Waals surface area (Å²) in [6.45, 7) is 1.06. The van der Waals surface area contributed by atoms with Gasteiger partial charge in [-0.05, 0) is 30.5 Å². The summed E-state index contributed by atoms with van der Waals surface area (Å²) in [6, 6.07) is 8.14. The molecule has 1 aromatic heterocycles. The maximum absolute atomic E-state index is 12.0. The van der Waals surface area contributed by atoms with Crippen molar-refractivity contribution in [3.63, 3.8) is 0 Å². The van der Waals surface area contributed by atoms with E-state index in [9.17, 15) is 4.79 Å². The zero-order valence-electron chi connectivity index (χ0n) is 11.3. The second-order valence-corrected chi connectivity index (χ2v) is 6.02. The summed E-state index contributed by atoms with van der Waals surface area (Å²) in [4.78, 5) is 17.4. The number of benzene rings is 1. The quantitative estimate of drug-likeness (QED) is 0.804. The van der Waals surface area contributed by atoms with E-state index in [1.807, 2.05) is 30.5 Å². The van der Waals surface area contributed by atoms with Crippen LogP contribution >= 0.6 is 23.1 Å². The smallest absolute Gasteiger partial charge is 0.271 e. The van der Waals surface area contributed by atoms with E-state index in [1.165, 1.54) is 16.2 Å². The first-order valence-electron chi connectivity index (χ1n) is 6.28. The maximum atomic E-state index is 12.0. The minimum Gasteiger partial charge on any atom is -0.347 e. The molecule has 0 spiro atoms. The van der Waals surface area contributed by atoms with E-state index >= 15 is 0 Å². The number of carbonyl (C=O) groups is 1. The molecule has 0 aliphatic heterocycles. The number of nitrogens with one attached hydrogen (secondary N) is 1. The van der Waals surface area contributed by atoms with Crippen LogP contribution in [-0.2, 0) is 13.0 Å². The molecule has 0 aliphatic carbocycles.